The summed E-state index contributed by atoms with van der Waals surface area (Å²) in [6, 6.07) is 4.78. The molecule has 2 heterocycles. The highest BCUT2D eigenvalue weighted by Gasteiger charge is 2.44. The van der Waals surface area contributed by atoms with Gasteiger partial charge in [-0.05, 0) is 48.9 Å². The van der Waals surface area contributed by atoms with Gasteiger partial charge in [-0.2, -0.15) is 17.6 Å². The minimum atomic E-state index is -3.32. The van der Waals surface area contributed by atoms with E-state index in [-0.39, 0.29) is 45.9 Å². The highest BCUT2D eigenvalue weighted by atomic mass is 19.3. The van der Waals surface area contributed by atoms with Gasteiger partial charge in [-0.25, -0.2) is 37.9 Å². The Kier molecular flexibility index (Phi) is 11.5. The fourth-order valence-electron chi connectivity index (χ4n) is 4.99. The molecule has 5 rings (SSSR count). The Morgan fingerprint density at radius 2 is 1.62 bits per heavy atom. The topological polar surface area (TPSA) is 151 Å². The number of carbonyl (C=O) groups is 2. The maximum atomic E-state index is 15.0. The molecule has 2 atom stereocenters. The average Bonchev–Trinajstić information content (AvgIpc) is 3.09. The monoisotopic (exact) mass is 730 g/mol. The zero-order valence-corrected chi connectivity index (χ0v) is 26.4. The maximum Gasteiger partial charge on any atom is 0.387 e. The van der Waals surface area contributed by atoms with Gasteiger partial charge in [0.2, 0.25) is 5.92 Å². The van der Waals surface area contributed by atoms with Gasteiger partial charge in [-0.1, -0.05) is 11.8 Å². The number of carbonyl (C=O) groups excluding carboxylic acids is 2. The Bertz CT molecular complexity index is 2010. The molecule has 52 heavy (non-hydrogen) atoms. The molecule has 1 aliphatic carbocycles. The normalized spacial score (nSPS) is 16.8. The van der Waals surface area contributed by atoms with Crippen molar-refractivity contribution in [1.29, 1.82) is 0 Å². The van der Waals surface area contributed by atoms with Crippen molar-refractivity contribution in [1.82, 2.24) is 25.3 Å². The number of anilines is 1. The van der Waals surface area contributed by atoms with Crippen molar-refractivity contribution in [3.8, 4) is 23.3 Å². The third kappa shape index (κ3) is 9.93. The first-order valence-corrected chi connectivity index (χ1v) is 15.1. The van der Waals surface area contributed by atoms with Crippen LogP contribution in [-0.2, 0) is 4.74 Å². The van der Waals surface area contributed by atoms with Crippen molar-refractivity contribution in [3.63, 3.8) is 0 Å². The summed E-state index contributed by atoms with van der Waals surface area (Å²) in [4.78, 5) is 41.6. The Labute approximate surface area is 290 Å². The number of alkyl halides is 6. The average molecular weight is 731 g/mol. The molecule has 0 spiro atoms. The standard InChI is InChI=1S/C34H25F7N6O5/c35-23(25-15-46-29(42)16-45-25)11-22-10-20(3-5-27(22)52-33(38)39)30(48)47-24-12-34(40,41)8-7-28(24)50-31(49)21-4-6-26(51-32(36)37)19(9-21)2-1-18-13-43-17-44-14-18/h3-6,9-11,13-17,24,28,32-33H,7-8,12H2,(H2,42,46)(H,47,48)/b23-11-/t24-,28-/m0/s1. The van der Waals surface area contributed by atoms with Crippen LogP contribution in [0.1, 0.15) is 62.4 Å². The molecule has 1 saturated carbocycles. The first-order valence-electron chi connectivity index (χ1n) is 15.1. The summed E-state index contributed by atoms with van der Waals surface area (Å²) >= 11 is 0. The molecular weight excluding hydrogens is 705 g/mol. The van der Waals surface area contributed by atoms with Gasteiger partial charge in [-0.3, -0.25) is 4.79 Å². The maximum absolute atomic E-state index is 15.0. The van der Waals surface area contributed by atoms with E-state index in [1.165, 1.54) is 18.7 Å². The smallest absolute Gasteiger partial charge is 0.387 e. The molecule has 1 fully saturated rings. The molecule has 2 aromatic heterocycles. The van der Waals surface area contributed by atoms with Gasteiger partial charge in [0.1, 0.15) is 35.4 Å². The van der Waals surface area contributed by atoms with Crippen LogP contribution >= 0.6 is 0 Å². The van der Waals surface area contributed by atoms with E-state index in [1.54, 1.807) is 0 Å². The third-order valence-electron chi connectivity index (χ3n) is 7.36. The molecule has 11 nitrogen and oxygen atoms in total. The van der Waals surface area contributed by atoms with E-state index in [0.29, 0.717) is 5.56 Å². The van der Waals surface area contributed by atoms with Crippen molar-refractivity contribution in [3.05, 3.63) is 101 Å². The number of ether oxygens (including phenoxy) is 3. The second-order valence-electron chi connectivity index (χ2n) is 11.0. The van der Waals surface area contributed by atoms with Gasteiger partial charge in [0.05, 0.1) is 35.1 Å². The molecule has 0 aliphatic heterocycles. The van der Waals surface area contributed by atoms with Crippen LogP contribution in [0.4, 0.5) is 36.6 Å². The first-order chi connectivity index (χ1) is 24.8. The molecule has 0 saturated heterocycles. The van der Waals surface area contributed by atoms with Gasteiger partial charge in [0.15, 0.2) is 5.83 Å². The van der Waals surface area contributed by atoms with Gasteiger partial charge in [0, 0.05) is 36.4 Å². The number of amides is 1. The molecule has 1 amide bonds. The van der Waals surface area contributed by atoms with E-state index in [1.807, 2.05) is 0 Å². The lowest BCUT2D eigenvalue weighted by molar-refractivity contribution is -0.0824. The number of halogens is 7. The van der Waals surface area contributed by atoms with E-state index < -0.39 is 67.6 Å². The predicted molar refractivity (Wildman–Crippen MR) is 169 cm³/mol. The molecule has 0 unspecified atom stereocenters. The minimum absolute atomic E-state index is 0.0135. The van der Waals surface area contributed by atoms with Crippen LogP contribution < -0.4 is 20.5 Å². The Morgan fingerprint density at radius 3 is 2.31 bits per heavy atom. The van der Waals surface area contributed by atoms with Crippen LogP contribution in [0.5, 0.6) is 11.5 Å². The molecular formula is C34H25F7N6O5. The Balaban J connectivity index is 1.38. The van der Waals surface area contributed by atoms with Crippen molar-refractivity contribution in [2.75, 3.05) is 5.73 Å². The third-order valence-corrected chi connectivity index (χ3v) is 7.36. The van der Waals surface area contributed by atoms with Gasteiger partial charge in [-0.15, -0.1) is 0 Å². The first kappa shape index (κ1) is 37.0. The van der Waals surface area contributed by atoms with Crippen LogP contribution in [0, 0.1) is 11.8 Å². The summed E-state index contributed by atoms with van der Waals surface area (Å²) in [7, 11) is 0. The van der Waals surface area contributed by atoms with E-state index in [0.717, 1.165) is 54.9 Å². The highest BCUT2D eigenvalue weighted by molar-refractivity contribution is 5.96. The van der Waals surface area contributed by atoms with E-state index in [4.69, 9.17) is 10.5 Å². The molecule has 0 bridgehead atoms. The van der Waals surface area contributed by atoms with Crippen molar-refractivity contribution in [2.24, 2.45) is 0 Å². The van der Waals surface area contributed by atoms with E-state index in [2.05, 4.69) is 46.6 Å². The van der Waals surface area contributed by atoms with Gasteiger partial charge in [0.25, 0.3) is 5.91 Å². The minimum Gasteiger partial charge on any atom is -0.457 e. The van der Waals surface area contributed by atoms with Crippen LogP contribution in [0.2, 0.25) is 0 Å². The predicted octanol–water partition coefficient (Wildman–Crippen LogP) is 6.06. The molecule has 2 aromatic carbocycles. The largest absolute Gasteiger partial charge is 0.457 e. The van der Waals surface area contributed by atoms with Crippen LogP contribution in [0.3, 0.4) is 0 Å². The summed E-state index contributed by atoms with van der Waals surface area (Å²) < 4.78 is 111. The van der Waals surface area contributed by atoms with E-state index >= 15 is 0 Å². The number of nitrogens with two attached hydrogens (primary N) is 1. The number of esters is 1. The number of nitrogen functional groups attached to an aromatic ring is 1. The lowest BCUT2D eigenvalue weighted by Crippen LogP contribution is -2.51. The highest BCUT2D eigenvalue weighted by Crippen LogP contribution is 2.36. The number of benzene rings is 2. The summed E-state index contributed by atoms with van der Waals surface area (Å²) in [5, 5.41) is 2.38. The number of hydrogen-bond acceptors (Lipinski definition) is 10. The second kappa shape index (κ2) is 16.2. The van der Waals surface area contributed by atoms with Crippen LogP contribution in [0.25, 0.3) is 11.9 Å². The molecule has 270 valence electrons. The van der Waals surface area contributed by atoms with Crippen LogP contribution in [0.15, 0.2) is 67.5 Å². The van der Waals surface area contributed by atoms with Crippen molar-refractivity contribution < 1.29 is 54.5 Å². The number of aromatic nitrogens is 4. The Morgan fingerprint density at radius 1 is 0.923 bits per heavy atom. The second-order valence-corrected chi connectivity index (χ2v) is 11.0. The van der Waals surface area contributed by atoms with Crippen molar-refractivity contribution in [2.45, 2.75) is 50.6 Å². The fraction of sp³-hybridized carbons (Fsp3) is 0.235. The fourth-order valence-corrected chi connectivity index (χ4v) is 4.99. The number of rotatable bonds is 10. The summed E-state index contributed by atoms with van der Waals surface area (Å²) in [6.07, 6.45) is 3.42. The number of nitrogens with one attached hydrogen (secondary N) is 1. The van der Waals surface area contributed by atoms with Gasteiger partial charge >= 0.3 is 19.2 Å². The van der Waals surface area contributed by atoms with E-state index in [9.17, 15) is 40.3 Å². The zero-order valence-electron chi connectivity index (χ0n) is 26.4. The summed E-state index contributed by atoms with van der Waals surface area (Å²) in [5.41, 5.74) is 4.51. The Hall–Kier alpha value is -6.25. The summed E-state index contributed by atoms with van der Waals surface area (Å²) in [6.45, 7) is -6.54. The molecule has 1 aliphatic rings. The molecule has 4 aromatic rings. The lowest BCUT2D eigenvalue weighted by atomic mass is 9.89. The lowest BCUT2D eigenvalue weighted by Gasteiger charge is -2.36. The molecule has 18 heteroatoms. The van der Waals surface area contributed by atoms with Crippen molar-refractivity contribution >= 4 is 29.6 Å². The summed E-state index contributed by atoms with van der Waals surface area (Å²) in [5.74, 6) is -2.02. The number of nitrogens with zero attached hydrogens (tertiary/aromatic N) is 4. The quantitative estimate of drug-likeness (QED) is 0.112. The van der Waals surface area contributed by atoms with Gasteiger partial charge < -0.3 is 25.3 Å². The zero-order chi connectivity index (χ0) is 37.4. The number of hydrogen-bond donors (Lipinski definition) is 2. The SMILES string of the molecule is Nc1cnc(/C(F)=C/c2cc(C(=O)N[C@H]3CC(F)(F)CC[C@@H]3OC(=O)c3ccc(OC(F)F)c(C#Cc4cncnc4)c3)ccc2OC(F)F)cn1. The molecule has 0 radical (unpaired) electrons. The van der Waals surface area contributed by atoms with Crippen LogP contribution in [-0.4, -0.2) is 63.1 Å². The molecule has 3 N–H and O–H groups in total.